The second-order valence-corrected chi connectivity index (χ2v) is 3.91. The lowest BCUT2D eigenvalue weighted by Crippen LogP contribution is -1.88. The molecule has 0 N–H and O–H groups in total. The van der Waals surface area contributed by atoms with Crippen LogP contribution in [-0.4, -0.2) is 14.6 Å². The van der Waals surface area contributed by atoms with E-state index in [0.29, 0.717) is 5.56 Å². The number of hydrogen-bond acceptors (Lipinski definition) is 2. The van der Waals surface area contributed by atoms with Crippen molar-refractivity contribution in [2.75, 3.05) is 0 Å². The van der Waals surface area contributed by atoms with Gasteiger partial charge in [0, 0.05) is 18.0 Å². The summed E-state index contributed by atoms with van der Waals surface area (Å²) in [4.78, 5) is 4.25. The van der Waals surface area contributed by atoms with Gasteiger partial charge < -0.3 is 0 Å². The lowest BCUT2D eigenvalue weighted by molar-refractivity contribution is 0.619. The van der Waals surface area contributed by atoms with Gasteiger partial charge in [-0.15, -0.1) is 0 Å². The zero-order valence-electron chi connectivity index (χ0n) is 9.26. The van der Waals surface area contributed by atoms with Gasteiger partial charge in [-0.1, -0.05) is 12.1 Å². The Hall–Kier alpha value is -2.23. The number of aromatic nitrogens is 3. The van der Waals surface area contributed by atoms with Crippen LogP contribution in [0.3, 0.4) is 0 Å². The van der Waals surface area contributed by atoms with E-state index in [9.17, 15) is 4.39 Å². The summed E-state index contributed by atoms with van der Waals surface area (Å²) in [7, 11) is 0. The first kappa shape index (κ1) is 9.96. The molecule has 0 aliphatic heterocycles. The molecule has 0 fully saturated rings. The van der Waals surface area contributed by atoms with Crippen molar-refractivity contribution < 1.29 is 4.39 Å². The first-order valence-corrected chi connectivity index (χ1v) is 5.30. The van der Waals surface area contributed by atoms with E-state index < -0.39 is 0 Å². The van der Waals surface area contributed by atoms with Crippen molar-refractivity contribution in [3.05, 3.63) is 54.2 Å². The minimum absolute atomic E-state index is 0.210. The zero-order chi connectivity index (χ0) is 11.8. The highest BCUT2D eigenvalue weighted by Gasteiger charge is 2.08. The highest BCUT2D eigenvalue weighted by molar-refractivity contribution is 5.76. The van der Waals surface area contributed by atoms with Crippen molar-refractivity contribution in [3.63, 3.8) is 0 Å². The number of hydrogen-bond donors (Lipinski definition) is 0. The lowest BCUT2D eigenvalue weighted by Gasteiger charge is -2.01. The predicted molar refractivity (Wildman–Crippen MR) is 63.1 cm³/mol. The highest BCUT2D eigenvalue weighted by atomic mass is 19.1. The van der Waals surface area contributed by atoms with Crippen LogP contribution in [0.1, 0.15) is 5.56 Å². The van der Waals surface area contributed by atoms with Gasteiger partial charge in [0.1, 0.15) is 5.82 Å². The molecule has 3 aromatic rings. The smallest absolute Gasteiger partial charge is 0.162 e. The summed E-state index contributed by atoms with van der Waals surface area (Å²) >= 11 is 0. The van der Waals surface area contributed by atoms with Gasteiger partial charge >= 0.3 is 0 Å². The van der Waals surface area contributed by atoms with E-state index in [0.717, 1.165) is 16.8 Å². The minimum Gasteiger partial charge on any atom is -0.236 e. The number of rotatable bonds is 1. The van der Waals surface area contributed by atoms with E-state index in [1.54, 1.807) is 36.0 Å². The average Bonchev–Trinajstić information content (AvgIpc) is 2.76. The molecule has 0 atom stereocenters. The van der Waals surface area contributed by atoms with E-state index in [-0.39, 0.29) is 5.82 Å². The number of aryl methyl sites for hydroxylation is 1. The van der Waals surface area contributed by atoms with Crippen molar-refractivity contribution in [2.24, 2.45) is 0 Å². The maximum Gasteiger partial charge on any atom is 0.162 e. The molecule has 17 heavy (non-hydrogen) atoms. The Labute approximate surface area is 97.5 Å². The van der Waals surface area contributed by atoms with Crippen molar-refractivity contribution in [3.8, 4) is 11.1 Å². The van der Waals surface area contributed by atoms with Crippen molar-refractivity contribution in [1.29, 1.82) is 0 Å². The van der Waals surface area contributed by atoms with Crippen LogP contribution in [0.25, 0.3) is 16.8 Å². The monoisotopic (exact) mass is 227 g/mol. The van der Waals surface area contributed by atoms with E-state index in [1.807, 2.05) is 12.3 Å². The van der Waals surface area contributed by atoms with Crippen LogP contribution in [0.2, 0.25) is 0 Å². The van der Waals surface area contributed by atoms with Gasteiger partial charge in [0.2, 0.25) is 0 Å². The van der Waals surface area contributed by atoms with Gasteiger partial charge in [-0.25, -0.2) is 13.9 Å². The third kappa shape index (κ3) is 1.58. The van der Waals surface area contributed by atoms with E-state index in [1.165, 1.54) is 6.07 Å². The largest absolute Gasteiger partial charge is 0.236 e. The maximum absolute atomic E-state index is 13.5. The quantitative estimate of drug-likeness (QED) is 0.640. The molecule has 1 aromatic carbocycles. The summed E-state index contributed by atoms with van der Waals surface area (Å²) in [6.07, 6.45) is 5.22. The Kier molecular flexibility index (Phi) is 2.14. The summed E-state index contributed by atoms with van der Waals surface area (Å²) in [5, 5.41) is 4.18. The fraction of sp³-hybridized carbons (Fsp3) is 0.0769. The summed E-state index contributed by atoms with van der Waals surface area (Å²) in [5.41, 5.74) is 3.00. The van der Waals surface area contributed by atoms with Crippen LogP contribution in [0.5, 0.6) is 0 Å². The van der Waals surface area contributed by atoms with Gasteiger partial charge in [0.15, 0.2) is 5.65 Å². The molecular formula is C13H10FN3. The van der Waals surface area contributed by atoms with Gasteiger partial charge in [-0.05, 0) is 30.2 Å². The number of nitrogens with zero attached hydrogens (tertiary/aromatic N) is 3. The van der Waals surface area contributed by atoms with Gasteiger partial charge in [0.05, 0.1) is 6.20 Å². The molecular weight excluding hydrogens is 217 g/mol. The molecule has 4 heteroatoms. The van der Waals surface area contributed by atoms with E-state index >= 15 is 0 Å². The molecule has 84 valence electrons. The van der Waals surface area contributed by atoms with Gasteiger partial charge in [-0.2, -0.15) is 5.10 Å². The van der Waals surface area contributed by atoms with Crippen LogP contribution >= 0.6 is 0 Å². The summed E-state index contributed by atoms with van der Waals surface area (Å²) in [6.45, 7) is 1.74. The van der Waals surface area contributed by atoms with Crippen LogP contribution in [0.15, 0.2) is 42.9 Å². The molecule has 3 rings (SSSR count). The van der Waals surface area contributed by atoms with Crippen molar-refractivity contribution in [1.82, 2.24) is 14.6 Å². The zero-order valence-corrected chi connectivity index (χ0v) is 9.26. The van der Waals surface area contributed by atoms with Gasteiger partial charge in [0.25, 0.3) is 0 Å². The molecule has 0 bridgehead atoms. The molecule has 0 saturated heterocycles. The van der Waals surface area contributed by atoms with E-state index in [4.69, 9.17) is 0 Å². The summed E-state index contributed by atoms with van der Waals surface area (Å²) < 4.78 is 15.2. The normalized spacial score (nSPS) is 10.9. The third-order valence-corrected chi connectivity index (χ3v) is 2.76. The van der Waals surface area contributed by atoms with Crippen LogP contribution in [-0.2, 0) is 0 Å². The molecule has 0 spiro atoms. The molecule has 2 aromatic heterocycles. The first-order valence-electron chi connectivity index (χ1n) is 5.30. The Morgan fingerprint density at radius 1 is 1.29 bits per heavy atom. The van der Waals surface area contributed by atoms with Crippen LogP contribution < -0.4 is 0 Å². The molecule has 0 aliphatic carbocycles. The molecule has 0 radical (unpaired) electrons. The van der Waals surface area contributed by atoms with Crippen molar-refractivity contribution in [2.45, 2.75) is 6.92 Å². The number of benzene rings is 1. The number of halogens is 1. The van der Waals surface area contributed by atoms with Crippen molar-refractivity contribution >= 4 is 5.65 Å². The Morgan fingerprint density at radius 3 is 3.00 bits per heavy atom. The fourth-order valence-corrected chi connectivity index (χ4v) is 1.79. The van der Waals surface area contributed by atoms with Crippen LogP contribution in [0, 0.1) is 12.7 Å². The molecule has 2 heterocycles. The first-order chi connectivity index (χ1) is 8.25. The standard InChI is InChI=1S/C13H10FN3/c1-9-3-4-10(7-12(9)14)11-8-16-17-6-2-5-15-13(11)17/h2-8H,1H3. The fourth-order valence-electron chi connectivity index (χ4n) is 1.79. The molecule has 0 amide bonds. The lowest BCUT2D eigenvalue weighted by atomic mass is 10.1. The average molecular weight is 227 g/mol. The molecule has 0 unspecified atom stereocenters. The second kappa shape index (κ2) is 3.66. The predicted octanol–water partition coefficient (Wildman–Crippen LogP) is 2.84. The Bertz CT molecular complexity index is 688. The Balaban J connectivity index is 2.24. The van der Waals surface area contributed by atoms with Crippen LogP contribution in [0.4, 0.5) is 4.39 Å². The molecule has 0 aliphatic rings. The van der Waals surface area contributed by atoms with Gasteiger partial charge in [-0.3, -0.25) is 0 Å². The topological polar surface area (TPSA) is 30.2 Å². The second-order valence-electron chi connectivity index (χ2n) is 3.91. The SMILES string of the molecule is Cc1ccc(-c2cnn3cccnc23)cc1F. The maximum atomic E-state index is 13.5. The highest BCUT2D eigenvalue weighted by Crippen LogP contribution is 2.24. The summed E-state index contributed by atoms with van der Waals surface area (Å²) in [6, 6.07) is 6.96. The number of fused-ring (bicyclic) bond motifs is 1. The Morgan fingerprint density at radius 2 is 2.18 bits per heavy atom. The minimum atomic E-state index is -0.210. The van der Waals surface area contributed by atoms with E-state index in [2.05, 4.69) is 10.1 Å². The summed E-state index contributed by atoms with van der Waals surface area (Å²) in [5.74, 6) is -0.210. The molecule has 3 nitrogen and oxygen atoms in total. The molecule has 0 saturated carbocycles. The third-order valence-electron chi connectivity index (χ3n) is 2.76.